The van der Waals surface area contributed by atoms with Crippen LogP contribution in [0.5, 0.6) is 0 Å². The van der Waals surface area contributed by atoms with Gasteiger partial charge in [-0.2, -0.15) is 0 Å². The third-order valence-corrected chi connectivity index (χ3v) is 5.03. The Morgan fingerprint density at radius 3 is 2.80 bits per heavy atom. The lowest BCUT2D eigenvalue weighted by Crippen LogP contribution is -2.63. The zero-order chi connectivity index (χ0) is 17.9. The Balaban J connectivity index is 1.68. The molecule has 2 heterocycles. The second-order valence-corrected chi connectivity index (χ2v) is 7.18. The largest absolute Gasteiger partial charge is 0.352 e. The number of thioether (sulfide) groups is 1. The van der Waals surface area contributed by atoms with Gasteiger partial charge in [-0.25, -0.2) is 9.97 Å². The van der Waals surface area contributed by atoms with E-state index in [2.05, 4.69) is 15.3 Å². The number of hydrogen-bond donors (Lipinski definition) is 1. The first-order valence-electron chi connectivity index (χ1n) is 8.08. The van der Waals surface area contributed by atoms with Crippen LogP contribution in [0.1, 0.15) is 13.8 Å². The molecular weight excluding hydrogens is 336 g/mol. The summed E-state index contributed by atoms with van der Waals surface area (Å²) in [5.41, 5.74) is 0.998. The second kappa shape index (κ2) is 7.23. The predicted molar refractivity (Wildman–Crippen MR) is 97.0 cm³/mol. The van der Waals surface area contributed by atoms with E-state index in [1.54, 1.807) is 24.9 Å². The van der Waals surface area contributed by atoms with Gasteiger partial charge < -0.3 is 10.2 Å². The molecule has 2 aromatic rings. The molecular formula is C18H20N4O2S. The number of carbonyl (C=O) groups is 2. The van der Waals surface area contributed by atoms with Crippen molar-refractivity contribution in [2.75, 3.05) is 18.8 Å². The highest BCUT2D eigenvalue weighted by Crippen LogP contribution is 2.23. The normalized spacial score (nSPS) is 16.4. The summed E-state index contributed by atoms with van der Waals surface area (Å²) in [6, 6.07) is 11.7. The highest BCUT2D eigenvalue weighted by Gasteiger charge is 2.40. The molecule has 1 saturated heterocycles. The first kappa shape index (κ1) is 17.4. The maximum atomic E-state index is 12.6. The second-order valence-electron chi connectivity index (χ2n) is 6.24. The maximum Gasteiger partial charge on any atom is 0.245 e. The van der Waals surface area contributed by atoms with E-state index >= 15 is 0 Å². The lowest BCUT2D eigenvalue weighted by molar-refractivity contribution is -0.147. The smallest absolute Gasteiger partial charge is 0.245 e. The summed E-state index contributed by atoms with van der Waals surface area (Å²) in [5.74, 6) is -0.00687. The van der Waals surface area contributed by atoms with Crippen molar-refractivity contribution in [2.24, 2.45) is 0 Å². The van der Waals surface area contributed by atoms with E-state index in [9.17, 15) is 9.59 Å². The van der Waals surface area contributed by atoms with Crippen LogP contribution in [0.2, 0.25) is 0 Å². The van der Waals surface area contributed by atoms with Crippen molar-refractivity contribution in [3.05, 3.63) is 42.6 Å². The van der Waals surface area contributed by atoms with Crippen molar-refractivity contribution in [1.82, 2.24) is 20.2 Å². The molecule has 7 heteroatoms. The molecule has 0 saturated carbocycles. The average molecular weight is 356 g/mol. The van der Waals surface area contributed by atoms with Crippen molar-refractivity contribution < 1.29 is 9.59 Å². The monoisotopic (exact) mass is 356 g/mol. The van der Waals surface area contributed by atoms with Gasteiger partial charge in [0.15, 0.2) is 5.16 Å². The fraction of sp³-hybridized carbons (Fsp3) is 0.333. The number of amides is 2. The summed E-state index contributed by atoms with van der Waals surface area (Å²) in [6.07, 6.45) is 1.69. The number of nitrogens with one attached hydrogen (secondary N) is 1. The Morgan fingerprint density at radius 2 is 2.04 bits per heavy atom. The van der Waals surface area contributed by atoms with Crippen LogP contribution in [0.15, 0.2) is 47.8 Å². The van der Waals surface area contributed by atoms with E-state index in [1.165, 1.54) is 11.8 Å². The van der Waals surface area contributed by atoms with Gasteiger partial charge in [-0.05, 0) is 19.9 Å². The van der Waals surface area contributed by atoms with Gasteiger partial charge in [-0.3, -0.25) is 9.59 Å². The molecule has 6 nitrogen and oxygen atoms in total. The Bertz CT molecular complexity index is 780. The number of aromatic nitrogens is 2. The Hall–Kier alpha value is -2.41. The third kappa shape index (κ3) is 3.82. The van der Waals surface area contributed by atoms with E-state index < -0.39 is 5.54 Å². The minimum absolute atomic E-state index is 0.0847. The SMILES string of the molecule is CC1(C)C(=O)NCCN1C(=O)CSc1nccc(-c2ccccc2)n1. The maximum absolute atomic E-state index is 12.6. The quantitative estimate of drug-likeness (QED) is 0.670. The van der Waals surface area contributed by atoms with Crippen LogP contribution in [0, 0.1) is 0 Å². The zero-order valence-corrected chi connectivity index (χ0v) is 15.0. The topological polar surface area (TPSA) is 75.2 Å². The minimum Gasteiger partial charge on any atom is -0.352 e. The molecule has 1 aliphatic heterocycles. The summed E-state index contributed by atoms with van der Waals surface area (Å²) in [4.78, 5) is 34.9. The van der Waals surface area contributed by atoms with Gasteiger partial charge >= 0.3 is 0 Å². The highest BCUT2D eigenvalue weighted by atomic mass is 32.2. The average Bonchev–Trinajstić information content (AvgIpc) is 2.63. The highest BCUT2D eigenvalue weighted by molar-refractivity contribution is 7.99. The lowest BCUT2D eigenvalue weighted by Gasteiger charge is -2.41. The van der Waals surface area contributed by atoms with Crippen molar-refractivity contribution in [2.45, 2.75) is 24.5 Å². The number of piperazine rings is 1. The van der Waals surface area contributed by atoms with Crippen LogP contribution in [-0.4, -0.2) is 51.1 Å². The van der Waals surface area contributed by atoms with Gasteiger partial charge in [-0.1, -0.05) is 42.1 Å². The van der Waals surface area contributed by atoms with Crippen LogP contribution >= 0.6 is 11.8 Å². The number of hydrogen-bond acceptors (Lipinski definition) is 5. The predicted octanol–water partition coefficient (Wildman–Crippen LogP) is 1.97. The molecule has 0 unspecified atom stereocenters. The van der Waals surface area contributed by atoms with Crippen molar-refractivity contribution in [1.29, 1.82) is 0 Å². The molecule has 1 aliphatic rings. The van der Waals surface area contributed by atoms with Crippen LogP contribution < -0.4 is 5.32 Å². The summed E-state index contributed by atoms with van der Waals surface area (Å²) in [6.45, 7) is 4.52. The molecule has 130 valence electrons. The van der Waals surface area contributed by atoms with E-state index in [4.69, 9.17) is 0 Å². The molecule has 0 bridgehead atoms. The summed E-state index contributed by atoms with van der Waals surface area (Å²) >= 11 is 1.29. The van der Waals surface area contributed by atoms with Gasteiger partial charge in [0, 0.05) is 24.8 Å². The fourth-order valence-corrected chi connectivity index (χ4v) is 3.43. The molecule has 0 aliphatic carbocycles. The van der Waals surface area contributed by atoms with Gasteiger partial charge in [0.25, 0.3) is 0 Å². The zero-order valence-electron chi connectivity index (χ0n) is 14.2. The van der Waals surface area contributed by atoms with E-state index in [-0.39, 0.29) is 17.6 Å². The fourth-order valence-electron chi connectivity index (χ4n) is 2.72. The van der Waals surface area contributed by atoms with Crippen molar-refractivity contribution >= 4 is 23.6 Å². The van der Waals surface area contributed by atoms with Crippen LogP contribution in [0.3, 0.4) is 0 Å². The van der Waals surface area contributed by atoms with Crippen molar-refractivity contribution in [3.8, 4) is 11.3 Å². The number of nitrogens with zero attached hydrogens (tertiary/aromatic N) is 3. The first-order chi connectivity index (χ1) is 12.0. The first-order valence-corrected chi connectivity index (χ1v) is 9.07. The molecule has 0 radical (unpaired) electrons. The molecule has 25 heavy (non-hydrogen) atoms. The number of carbonyl (C=O) groups excluding carboxylic acids is 2. The Kier molecular flexibility index (Phi) is 5.03. The molecule has 0 atom stereocenters. The molecule has 3 rings (SSSR count). The molecule has 1 fully saturated rings. The molecule has 0 spiro atoms. The standard InChI is InChI=1S/C18H20N4O2S/c1-18(2)16(24)19-10-11-22(18)15(23)12-25-17-20-9-8-14(21-17)13-6-4-3-5-7-13/h3-9H,10-12H2,1-2H3,(H,19,24). The lowest BCUT2D eigenvalue weighted by atomic mass is 9.99. The summed E-state index contributed by atoms with van der Waals surface area (Å²) in [5, 5.41) is 3.34. The molecule has 1 aromatic carbocycles. The molecule has 1 aromatic heterocycles. The van der Waals surface area contributed by atoms with Gasteiger partial charge in [0.05, 0.1) is 11.4 Å². The van der Waals surface area contributed by atoms with Gasteiger partial charge in [0.2, 0.25) is 11.8 Å². The van der Waals surface area contributed by atoms with E-state index in [0.29, 0.717) is 18.2 Å². The molecule has 2 amide bonds. The van der Waals surface area contributed by atoms with Gasteiger partial charge in [0.1, 0.15) is 5.54 Å². The van der Waals surface area contributed by atoms with Crippen LogP contribution in [0.25, 0.3) is 11.3 Å². The number of benzene rings is 1. The Morgan fingerprint density at radius 1 is 1.28 bits per heavy atom. The Labute approximate surface area is 151 Å². The summed E-state index contributed by atoms with van der Waals surface area (Å²) < 4.78 is 0. The van der Waals surface area contributed by atoms with E-state index in [1.807, 2.05) is 36.4 Å². The van der Waals surface area contributed by atoms with Gasteiger partial charge in [-0.15, -0.1) is 0 Å². The third-order valence-electron chi connectivity index (χ3n) is 4.18. The van der Waals surface area contributed by atoms with Crippen molar-refractivity contribution in [3.63, 3.8) is 0 Å². The van der Waals surface area contributed by atoms with Crippen LogP contribution in [0.4, 0.5) is 0 Å². The minimum atomic E-state index is -0.831. The summed E-state index contributed by atoms with van der Waals surface area (Å²) in [7, 11) is 0. The van der Waals surface area contributed by atoms with Crippen LogP contribution in [-0.2, 0) is 9.59 Å². The number of rotatable bonds is 4. The molecule has 1 N–H and O–H groups in total. The van der Waals surface area contributed by atoms with E-state index in [0.717, 1.165) is 11.3 Å².